The SMILES string of the molecule is O=C(CCC1CCCCO1)Nc1ncc(Br)s1. The lowest BCUT2D eigenvalue weighted by Gasteiger charge is -2.21. The van der Waals surface area contributed by atoms with Gasteiger partial charge in [-0.05, 0) is 41.6 Å². The number of ether oxygens (including phenoxy) is 1. The second kappa shape index (κ2) is 6.47. The topological polar surface area (TPSA) is 51.2 Å². The van der Waals surface area contributed by atoms with Gasteiger partial charge in [0.1, 0.15) is 0 Å². The summed E-state index contributed by atoms with van der Waals surface area (Å²) in [6.07, 6.45) is 6.69. The maximum atomic E-state index is 11.6. The zero-order valence-electron chi connectivity index (χ0n) is 9.45. The highest BCUT2D eigenvalue weighted by molar-refractivity contribution is 9.11. The first-order valence-electron chi connectivity index (χ1n) is 5.77. The molecule has 1 aromatic heterocycles. The number of carbonyl (C=O) groups excluding carboxylic acids is 1. The summed E-state index contributed by atoms with van der Waals surface area (Å²) in [6.45, 7) is 0.839. The van der Waals surface area contributed by atoms with Crippen LogP contribution in [0.15, 0.2) is 9.98 Å². The summed E-state index contributed by atoms with van der Waals surface area (Å²) in [5.41, 5.74) is 0. The molecule has 4 nitrogen and oxygen atoms in total. The zero-order chi connectivity index (χ0) is 12.1. The van der Waals surface area contributed by atoms with Crippen molar-refractivity contribution in [1.82, 2.24) is 4.98 Å². The Kier molecular flexibility index (Phi) is 4.94. The molecule has 0 aliphatic carbocycles. The van der Waals surface area contributed by atoms with Gasteiger partial charge in [-0.3, -0.25) is 4.79 Å². The Hall–Kier alpha value is -0.460. The standard InChI is InChI=1S/C11H15BrN2O2S/c12-9-7-13-11(17-9)14-10(15)5-4-8-3-1-2-6-16-8/h7-8H,1-6H2,(H,13,14,15). The second-order valence-corrected chi connectivity index (χ2v) is 6.45. The molecule has 1 N–H and O–H groups in total. The summed E-state index contributed by atoms with van der Waals surface area (Å²) in [5, 5.41) is 3.43. The van der Waals surface area contributed by atoms with Crippen LogP contribution in [-0.2, 0) is 9.53 Å². The van der Waals surface area contributed by atoms with Crippen LogP contribution in [0, 0.1) is 0 Å². The van der Waals surface area contributed by atoms with Crippen LogP contribution in [0.5, 0.6) is 0 Å². The molecule has 94 valence electrons. The van der Waals surface area contributed by atoms with Crippen LogP contribution in [0.1, 0.15) is 32.1 Å². The number of thiazole rings is 1. The van der Waals surface area contributed by atoms with Gasteiger partial charge in [-0.2, -0.15) is 0 Å². The Labute approximate surface area is 113 Å². The van der Waals surface area contributed by atoms with Crippen molar-refractivity contribution in [2.24, 2.45) is 0 Å². The number of carbonyl (C=O) groups is 1. The Morgan fingerprint density at radius 2 is 2.53 bits per heavy atom. The molecule has 0 aromatic carbocycles. The van der Waals surface area contributed by atoms with E-state index in [0.29, 0.717) is 11.6 Å². The monoisotopic (exact) mass is 318 g/mol. The van der Waals surface area contributed by atoms with E-state index in [9.17, 15) is 4.79 Å². The summed E-state index contributed by atoms with van der Waals surface area (Å²) in [4.78, 5) is 15.7. The van der Waals surface area contributed by atoms with Crippen LogP contribution in [0.2, 0.25) is 0 Å². The molecule has 1 aromatic rings. The van der Waals surface area contributed by atoms with Crippen molar-refractivity contribution in [3.63, 3.8) is 0 Å². The highest BCUT2D eigenvalue weighted by Crippen LogP contribution is 2.23. The lowest BCUT2D eigenvalue weighted by molar-refractivity contribution is -0.117. The summed E-state index contributed by atoms with van der Waals surface area (Å²) >= 11 is 4.73. The molecule has 2 heterocycles. The molecule has 1 saturated heterocycles. The van der Waals surface area contributed by atoms with E-state index in [0.717, 1.165) is 29.7 Å². The van der Waals surface area contributed by atoms with E-state index in [1.54, 1.807) is 6.20 Å². The van der Waals surface area contributed by atoms with Gasteiger partial charge in [-0.15, -0.1) is 0 Å². The van der Waals surface area contributed by atoms with Crippen molar-refractivity contribution in [2.75, 3.05) is 11.9 Å². The van der Waals surface area contributed by atoms with Gasteiger partial charge in [-0.25, -0.2) is 4.98 Å². The van der Waals surface area contributed by atoms with Gasteiger partial charge in [-0.1, -0.05) is 11.3 Å². The van der Waals surface area contributed by atoms with Crippen molar-refractivity contribution in [3.8, 4) is 0 Å². The number of nitrogens with one attached hydrogen (secondary N) is 1. The maximum absolute atomic E-state index is 11.6. The molecule has 1 amide bonds. The van der Waals surface area contributed by atoms with E-state index < -0.39 is 0 Å². The van der Waals surface area contributed by atoms with Gasteiger partial charge < -0.3 is 10.1 Å². The Bertz CT molecular complexity index is 377. The van der Waals surface area contributed by atoms with Gasteiger partial charge >= 0.3 is 0 Å². The minimum Gasteiger partial charge on any atom is -0.378 e. The first-order chi connectivity index (χ1) is 8.24. The van der Waals surface area contributed by atoms with Crippen LogP contribution in [0.3, 0.4) is 0 Å². The minimum atomic E-state index is 0.0148. The predicted octanol–water partition coefficient (Wildman–Crippen LogP) is 3.19. The molecule has 17 heavy (non-hydrogen) atoms. The number of rotatable bonds is 4. The third kappa shape index (κ3) is 4.37. The zero-order valence-corrected chi connectivity index (χ0v) is 11.8. The number of amides is 1. The fraction of sp³-hybridized carbons (Fsp3) is 0.636. The molecule has 1 unspecified atom stereocenters. The van der Waals surface area contributed by atoms with E-state index in [1.807, 2.05) is 0 Å². The number of halogens is 1. The van der Waals surface area contributed by atoms with Crippen LogP contribution >= 0.6 is 27.3 Å². The smallest absolute Gasteiger partial charge is 0.226 e. The van der Waals surface area contributed by atoms with Crippen molar-refractivity contribution in [2.45, 2.75) is 38.2 Å². The van der Waals surface area contributed by atoms with Gasteiger partial charge in [0, 0.05) is 13.0 Å². The average Bonchev–Trinajstić information content (AvgIpc) is 2.73. The Balaban J connectivity index is 1.70. The molecule has 1 atom stereocenters. The van der Waals surface area contributed by atoms with Gasteiger partial charge in [0.25, 0.3) is 0 Å². The number of anilines is 1. The molecule has 0 bridgehead atoms. The second-order valence-electron chi connectivity index (χ2n) is 4.04. The number of hydrogen-bond donors (Lipinski definition) is 1. The Morgan fingerprint density at radius 1 is 1.65 bits per heavy atom. The molecule has 1 aliphatic rings. The van der Waals surface area contributed by atoms with Crippen molar-refractivity contribution in [1.29, 1.82) is 0 Å². The summed E-state index contributed by atoms with van der Waals surface area (Å²) in [6, 6.07) is 0. The molecule has 1 fully saturated rings. The van der Waals surface area contributed by atoms with E-state index in [1.165, 1.54) is 17.8 Å². The van der Waals surface area contributed by atoms with Crippen LogP contribution in [-0.4, -0.2) is 23.6 Å². The molecule has 0 spiro atoms. The quantitative estimate of drug-likeness (QED) is 0.927. The molecular weight excluding hydrogens is 304 g/mol. The van der Waals surface area contributed by atoms with E-state index in [4.69, 9.17) is 4.74 Å². The van der Waals surface area contributed by atoms with E-state index in [-0.39, 0.29) is 12.0 Å². The third-order valence-corrected chi connectivity index (χ3v) is 4.08. The summed E-state index contributed by atoms with van der Waals surface area (Å²) in [5.74, 6) is 0.0148. The normalized spacial score (nSPS) is 20.2. The largest absolute Gasteiger partial charge is 0.378 e. The van der Waals surface area contributed by atoms with Gasteiger partial charge in [0.2, 0.25) is 5.91 Å². The van der Waals surface area contributed by atoms with Gasteiger partial charge in [0.05, 0.1) is 16.1 Å². The number of aromatic nitrogens is 1. The highest BCUT2D eigenvalue weighted by Gasteiger charge is 2.15. The van der Waals surface area contributed by atoms with Crippen molar-refractivity contribution in [3.05, 3.63) is 9.98 Å². The molecule has 0 radical (unpaired) electrons. The predicted molar refractivity (Wildman–Crippen MR) is 71.3 cm³/mol. The molecule has 6 heteroatoms. The fourth-order valence-electron chi connectivity index (χ4n) is 1.82. The number of hydrogen-bond acceptors (Lipinski definition) is 4. The molecule has 1 aliphatic heterocycles. The first-order valence-corrected chi connectivity index (χ1v) is 7.38. The highest BCUT2D eigenvalue weighted by atomic mass is 79.9. The van der Waals surface area contributed by atoms with Gasteiger partial charge in [0.15, 0.2) is 5.13 Å². The van der Waals surface area contributed by atoms with Crippen molar-refractivity contribution < 1.29 is 9.53 Å². The van der Waals surface area contributed by atoms with Crippen LogP contribution < -0.4 is 5.32 Å². The lowest BCUT2D eigenvalue weighted by Crippen LogP contribution is -2.21. The Morgan fingerprint density at radius 3 is 3.18 bits per heavy atom. The fourth-order valence-corrected chi connectivity index (χ4v) is 2.94. The molecule has 2 rings (SSSR count). The van der Waals surface area contributed by atoms with Crippen LogP contribution in [0.4, 0.5) is 5.13 Å². The van der Waals surface area contributed by atoms with Crippen molar-refractivity contribution >= 4 is 38.3 Å². The molecule has 0 saturated carbocycles. The maximum Gasteiger partial charge on any atom is 0.226 e. The summed E-state index contributed by atoms with van der Waals surface area (Å²) < 4.78 is 6.50. The lowest BCUT2D eigenvalue weighted by atomic mass is 10.0. The minimum absolute atomic E-state index is 0.0148. The summed E-state index contributed by atoms with van der Waals surface area (Å²) in [7, 11) is 0. The number of nitrogens with zero attached hydrogens (tertiary/aromatic N) is 1. The molecular formula is C11H15BrN2O2S. The van der Waals surface area contributed by atoms with Crippen LogP contribution in [0.25, 0.3) is 0 Å². The average molecular weight is 319 g/mol. The first kappa shape index (κ1) is 13.0. The third-order valence-electron chi connectivity index (χ3n) is 2.69. The van der Waals surface area contributed by atoms with E-state index in [2.05, 4.69) is 26.2 Å². The van der Waals surface area contributed by atoms with E-state index >= 15 is 0 Å².